The molecule has 0 bridgehead atoms. The second-order valence-corrected chi connectivity index (χ2v) is 5.76. The van der Waals surface area contributed by atoms with Crippen molar-refractivity contribution in [2.75, 3.05) is 17.4 Å². The van der Waals surface area contributed by atoms with Crippen LogP contribution in [-0.2, 0) is 6.42 Å². The van der Waals surface area contributed by atoms with Crippen LogP contribution in [0.3, 0.4) is 0 Å². The third kappa shape index (κ3) is 1.91. The highest BCUT2D eigenvalue weighted by Gasteiger charge is 2.29. The molecule has 0 radical (unpaired) electrons. The lowest BCUT2D eigenvalue weighted by atomic mass is 10.3. The third-order valence-corrected chi connectivity index (χ3v) is 4.50. The summed E-state index contributed by atoms with van der Waals surface area (Å²) in [4.78, 5) is 13.5. The van der Waals surface area contributed by atoms with Crippen molar-refractivity contribution in [2.45, 2.75) is 32.2 Å². The molecule has 96 valence electrons. The van der Waals surface area contributed by atoms with Crippen LogP contribution in [0.25, 0.3) is 10.2 Å². The standard InChI is InChI=1S/C12H17N5S/c1-3-8-6-9-10(17(2)7-4-5-7)14-12(16-13)15-11(9)18-8/h6-7H,3-5,13H2,1-2H3,(H,14,15,16). The number of nitrogens with zero attached hydrogens (tertiary/aromatic N) is 3. The molecule has 0 aliphatic heterocycles. The van der Waals surface area contributed by atoms with E-state index in [4.69, 9.17) is 5.84 Å². The Hall–Kier alpha value is -1.40. The molecule has 0 spiro atoms. The van der Waals surface area contributed by atoms with E-state index in [1.54, 1.807) is 11.3 Å². The van der Waals surface area contributed by atoms with Gasteiger partial charge in [0, 0.05) is 18.0 Å². The van der Waals surface area contributed by atoms with Gasteiger partial charge in [-0.1, -0.05) is 6.92 Å². The molecule has 2 heterocycles. The second-order valence-electron chi connectivity index (χ2n) is 4.64. The van der Waals surface area contributed by atoms with E-state index in [2.05, 4.69) is 40.3 Å². The van der Waals surface area contributed by atoms with Gasteiger partial charge in [0.15, 0.2) is 0 Å². The maximum absolute atomic E-state index is 5.45. The summed E-state index contributed by atoms with van der Waals surface area (Å²) < 4.78 is 0. The van der Waals surface area contributed by atoms with Gasteiger partial charge in [0.05, 0.1) is 5.39 Å². The monoisotopic (exact) mass is 263 g/mol. The van der Waals surface area contributed by atoms with E-state index in [0.717, 1.165) is 22.5 Å². The number of aromatic nitrogens is 2. The average molecular weight is 263 g/mol. The van der Waals surface area contributed by atoms with Crippen LogP contribution in [0.1, 0.15) is 24.6 Å². The zero-order valence-electron chi connectivity index (χ0n) is 10.6. The molecular formula is C12H17N5S. The zero-order chi connectivity index (χ0) is 12.7. The number of nitrogens with one attached hydrogen (secondary N) is 1. The Morgan fingerprint density at radius 3 is 2.89 bits per heavy atom. The van der Waals surface area contributed by atoms with Gasteiger partial charge in [-0.05, 0) is 25.3 Å². The van der Waals surface area contributed by atoms with E-state index in [1.807, 2.05) is 0 Å². The number of hydrogen-bond acceptors (Lipinski definition) is 6. The molecule has 1 saturated carbocycles. The maximum Gasteiger partial charge on any atom is 0.240 e. The Morgan fingerprint density at radius 1 is 1.50 bits per heavy atom. The van der Waals surface area contributed by atoms with Gasteiger partial charge < -0.3 is 4.90 Å². The molecule has 3 rings (SSSR count). The number of fused-ring (bicyclic) bond motifs is 1. The Morgan fingerprint density at radius 2 is 2.28 bits per heavy atom. The van der Waals surface area contributed by atoms with Crippen LogP contribution in [0.5, 0.6) is 0 Å². The molecule has 0 amide bonds. The van der Waals surface area contributed by atoms with Gasteiger partial charge in [-0.15, -0.1) is 11.3 Å². The van der Waals surface area contributed by atoms with E-state index in [-0.39, 0.29) is 0 Å². The van der Waals surface area contributed by atoms with E-state index >= 15 is 0 Å². The Kier molecular flexibility index (Phi) is 2.83. The van der Waals surface area contributed by atoms with Crippen LogP contribution < -0.4 is 16.2 Å². The molecule has 0 saturated heterocycles. The van der Waals surface area contributed by atoms with Crippen molar-refractivity contribution in [1.29, 1.82) is 0 Å². The van der Waals surface area contributed by atoms with Crippen LogP contribution >= 0.6 is 11.3 Å². The summed E-state index contributed by atoms with van der Waals surface area (Å²) in [5.41, 5.74) is 2.56. The number of anilines is 2. The first-order chi connectivity index (χ1) is 8.72. The van der Waals surface area contributed by atoms with Gasteiger partial charge in [0.2, 0.25) is 5.95 Å². The van der Waals surface area contributed by atoms with Crippen molar-refractivity contribution in [3.05, 3.63) is 10.9 Å². The molecule has 5 nitrogen and oxygen atoms in total. The second kappa shape index (κ2) is 4.37. The van der Waals surface area contributed by atoms with Crippen LogP contribution in [-0.4, -0.2) is 23.1 Å². The molecule has 18 heavy (non-hydrogen) atoms. The topological polar surface area (TPSA) is 67.1 Å². The van der Waals surface area contributed by atoms with Gasteiger partial charge in [-0.25, -0.2) is 10.8 Å². The number of aryl methyl sites for hydroxylation is 1. The first kappa shape index (κ1) is 11.7. The summed E-state index contributed by atoms with van der Waals surface area (Å²) in [5.74, 6) is 6.94. The fraction of sp³-hybridized carbons (Fsp3) is 0.500. The molecule has 1 fully saturated rings. The predicted molar refractivity (Wildman–Crippen MR) is 76.0 cm³/mol. The van der Waals surface area contributed by atoms with Crippen molar-refractivity contribution in [1.82, 2.24) is 9.97 Å². The van der Waals surface area contributed by atoms with E-state index < -0.39 is 0 Å². The lowest BCUT2D eigenvalue weighted by Crippen LogP contribution is -2.22. The minimum Gasteiger partial charge on any atom is -0.356 e. The van der Waals surface area contributed by atoms with Crippen LogP contribution in [0.2, 0.25) is 0 Å². The summed E-state index contributed by atoms with van der Waals surface area (Å²) in [5, 5.41) is 1.14. The highest BCUT2D eigenvalue weighted by Crippen LogP contribution is 2.36. The molecule has 0 aromatic carbocycles. The van der Waals surface area contributed by atoms with Crippen molar-refractivity contribution in [3.8, 4) is 0 Å². The van der Waals surface area contributed by atoms with Crippen molar-refractivity contribution < 1.29 is 0 Å². The highest BCUT2D eigenvalue weighted by molar-refractivity contribution is 7.18. The van der Waals surface area contributed by atoms with Gasteiger partial charge in [0.1, 0.15) is 10.6 Å². The normalized spacial score (nSPS) is 15.1. The Balaban J connectivity index is 2.15. The molecule has 1 aliphatic carbocycles. The predicted octanol–water partition coefficient (Wildman–Crippen LogP) is 2.14. The third-order valence-electron chi connectivity index (χ3n) is 3.33. The van der Waals surface area contributed by atoms with Crippen molar-refractivity contribution in [2.24, 2.45) is 5.84 Å². The zero-order valence-corrected chi connectivity index (χ0v) is 11.4. The maximum atomic E-state index is 5.45. The van der Waals surface area contributed by atoms with E-state index in [9.17, 15) is 0 Å². The number of rotatable bonds is 4. The first-order valence-corrected chi connectivity index (χ1v) is 7.04. The quantitative estimate of drug-likeness (QED) is 0.653. The summed E-state index contributed by atoms with van der Waals surface area (Å²) in [7, 11) is 2.10. The molecule has 6 heteroatoms. The lowest BCUT2D eigenvalue weighted by molar-refractivity contribution is 0.895. The Labute approximate surface area is 110 Å². The average Bonchev–Trinajstić information content (AvgIpc) is 3.15. The summed E-state index contributed by atoms with van der Waals surface area (Å²) in [6.07, 6.45) is 3.52. The van der Waals surface area contributed by atoms with Crippen LogP contribution in [0, 0.1) is 0 Å². The Bertz CT molecular complexity index is 575. The van der Waals surface area contributed by atoms with Gasteiger partial charge in [0.25, 0.3) is 0 Å². The van der Waals surface area contributed by atoms with Gasteiger partial charge in [-0.3, -0.25) is 5.43 Å². The number of nitrogen functional groups attached to an aromatic ring is 1. The minimum absolute atomic E-state index is 0.495. The lowest BCUT2D eigenvalue weighted by Gasteiger charge is -2.18. The van der Waals surface area contributed by atoms with E-state index in [1.165, 1.54) is 17.7 Å². The van der Waals surface area contributed by atoms with Gasteiger partial charge >= 0.3 is 0 Å². The van der Waals surface area contributed by atoms with Gasteiger partial charge in [-0.2, -0.15) is 4.98 Å². The highest BCUT2D eigenvalue weighted by atomic mass is 32.1. The fourth-order valence-corrected chi connectivity index (χ4v) is 3.06. The summed E-state index contributed by atoms with van der Waals surface area (Å²) >= 11 is 1.72. The SMILES string of the molecule is CCc1cc2c(N(C)C3CC3)nc(NN)nc2s1. The van der Waals surface area contributed by atoms with E-state index in [0.29, 0.717) is 12.0 Å². The molecule has 2 aromatic heterocycles. The van der Waals surface area contributed by atoms with Crippen molar-refractivity contribution >= 4 is 33.3 Å². The van der Waals surface area contributed by atoms with Crippen molar-refractivity contribution in [3.63, 3.8) is 0 Å². The minimum atomic E-state index is 0.495. The number of thiophene rings is 1. The molecule has 0 unspecified atom stereocenters. The molecule has 0 atom stereocenters. The first-order valence-electron chi connectivity index (χ1n) is 6.22. The smallest absolute Gasteiger partial charge is 0.240 e. The molecule has 1 aliphatic rings. The number of hydrogen-bond donors (Lipinski definition) is 2. The fourth-order valence-electron chi connectivity index (χ4n) is 2.10. The number of hydrazine groups is 1. The van der Waals surface area contributed by atoms with Crippen LogP contribution in [0.15, 0.2) is 6.07 Å². The summed E-state index contributed by atoms with van der Waals surface area (Å²) in [6.45, 7) is 2.16. The largest absolute Gasteiger partial charge is 0.356 e. The molecule has 2 aromatic rings. The number of nitrogens with two attached hydrogens (primary N) is 1. The summed E-state index contributed by atoms with van der Waals surface area (Å²) in [6, 6.07) is 2.83. The van der Waals surface area contributed by atoms with Crippen LogP contribution in [0.4, 0.5) is 11.8 Å². The molecular weight excluding hydrogens is 246 g/mol. The molecule has 3 N–H and O–H groups in total.